The van der Waals surface area contributed by atoms with E-state index in [-0.39, 0.29) is 0 Å². The molecular formula is C23H31N3O5S. The zero-order valence-corrected chi connectivity index (χ0v) is 19.7. The van der Waals surface area contributed by atoms with E-state index in [1.54, 1.807) is 43.7 Å². The van der Waals surface area contributed by atoms with Gasteiger partial charge in [-0.05, 0) is 49.5 Å². The molecule has 1 aromatic carbocycles. The number of hydrogen-bond acceptors (Lipinski definition) is 7. The lowest BCUT2D eigenvalue weighted by Gasteiger charge is -2.28. The van der Waals surface area contributed by atoms with Gasteiger partial charge in [0.05, 0.1) is 24.4 Å². The highest BCUT2D eigenvalue weighted by atomic mass is 32.2. The Balaban J connectivity index is 0.000000451. The molecule has 9 heteroatoms. The van der Waals surface area contributed by atoms with E-state index in [9.17, 15) is 14.4 Å². The van der Waals surface area contributed by atoms with Crippen LogP contribution < -0.4 is 15.4 Å². The molecule has 1 saturated heterocycles. The topological polar surface area (TPSA) is 101 Å². The Morgan fingerprint density at radius 3 is 2.03 bits per heavy atom. The summed E-state index contributed by atoms with van der Waals surface area (Å²) in [7, 11) is 1.56. The van der Waals surface area contributed by atoms with Crippen LogP contribution in [-0.2, 0) is 15.3 Å². The third-order valence-electron chi connectivity index (χ3n) is 5.11. The third kappa shape index (κ3) is 7.13. The molecule has 1 unspecified atom stereocenters. The molecular weight excluding hydrogens is 430 g/mol. The minimum Gasteiger partial charge on any atom is -0.497 e. The predicted molar refractivity (Wildman–Crippen MR) is 124 cm³/mol. The lowest BCUT2D eigenvalue weighted by atomic mass is 9.95. The highest BCUT2D eigenvalue weighted by molar-refractivity contribution is 7.98. The van der Waals surface area contributed by atoms with Crippen LogP contribution in [0.15, 0.2) is 47.1 Å². The molecule has 1 atom stereocenters. The summed E-state index contributed by atoms with van der Waals surface area (Å²) < 4.78 is 10.5. The van der Waals surface area contributed by atoms with E-state index in [1.165, 1.54) is 31.4 Å². The first-order valence-corrected chi connectivity index (χ1v) is 11.6. The number of furan rings is 1. The zero-order valence-electron chi connectivity index (χ0n) is 18.9. The van der Waals surface area contributed by atoms with Crippen LogP contribution in [0.1, 0.15) is 37.3 Å². The number of rotatable bonds is 9. The first-order valence-electron chi connectivity index (χ1n) is 10.6. The first-order chi connectivity index (χ1) is 15.4. The Kier molecular flexibility index (Phi) is 10.3. The Bertz CT molecular complexity index is 841. The van der Waals surface area contributed by atoms with Crippen LogP contribution in [0.2, 0.25) is 0 Å². The molecule has 4 amide bonds. The second-order valence-electron chi connectivity index (χ2n) is 6.99. The van der Waals surface area contributed by atoms with E-state index >= 15 is 0 Å². The summed E-state index contributed by atoms with van der Waals surface area (Å²) >= 11 is 1.39. The number of benzene rings is 1. The van der Waals surface area contributed by atoms with Gasteiger partial charge in [-0.25, -0.2) is 4.79 Å². The van der Waals surface area contributed by atoms with E-state index in [0.717, 1.165) is 11.3 Å². The average Bonchev–Trinajstić information content (AvgIpc) is 3.31. The summed E-state index contributed by atoms with van der Waals surface area (Å²) in [4.78, 5) is 38.2. The lowest BCUT2D eigenvalue weighted by Crippen LogP contribution is -2.56. The van der Waals surface area contributed by atoms with E-state index in [0.29, 0.717) is 11.5 Å². The minimum atomic E-state index is -1.02. The van der Waals surface area contributed by atoms with E-state index in [1.807, 2.05) is 6.07 Å². The number of barbiturate groups is 1. The van der Waals surface area contributed by atoms with Gasteiger partial charge in [0.15, 0.2) is 0 Å². The Labute approximate surface area is 193 Å². The smallest absolute Gasteiger partial charge is 0.328 e. The van der Waals surface area contributed by atoms with Crippen molar-refractivity contribution in [3.05, 3.63) is 54.0 Å². The standard InChI is InChI=1S/C17H16N2O5S.C6H15N/c1-23-11-6-4-10(5-7-11)14(25-9-12-3-2-8-24-12)13-15(20)18-17(22)19-16(13)21;1-4-7(5-2)6-3/h2-8,13-14H,9H2,1H3,(H2,18,19,20,21,22);4-6H2,1-3H3. The van der Waals surface area contributed by atoms with Crippen molar-refractivity contribution in [2.24, 2.45) is 5.92 Å². The van der Waals surface area contributed by atoms with Crippen molar-refractivity contribution < 1.29 is 23.5 Å². The van der Waals surface area contributed by atoms with Gasteiger partial charge in [0, 0.05) is 0 Å². The molecule has 0 bridgehead atoms. The molecule has 2 heterocycles. The number of carbonyl (C=O) groups excluding carboxylic acids is 3. The van der Waals surface area contributed by atoms with Crippen molar-refractivity contribution >= 4 is 29.6 Å². The molecule has 0 spiro atoms. The van der Waals surface area contributed by atoms with Gasteiger partial charge in [-0.2, -0.15) is 0 Å². The first kappa shape index (κ1) is 25.5. The van der Waals surface area contributed by atoms with Crippen molar-refractivity contribution in [3.63, 3.8) is 0 Å². The number of nitrogens with zero attached hydrogens (tertiary/aromatic N) is 1. The molecule has 0 saturated carbocycles. The van der Waals surface area contributed by atoms with Gasteiger partial charge in [-0.1, -0.05) is 32.9 Å². The monoisotopic (exact) mass is 461 g/mol. The van der Waals surface area contributed by atoms with Crippen LogP contribution in [0.5, 0.6) is 5.75 Å². The van der Waals surface area contributed by atoms with Gasteiger partial charge < -0.3 is 14.1 Å². The lowest BCUT2D eigenvalue weighted by molar-refractivity contribution is -0.135. The van der Waals surface area contributed by atoms with Crippen LogP contribution in [-0.4, -0.2) is 49.5 Å². The number of ether oxygens (including phenoxy) is 1. The Morgan fingerprint density at radius 2 is 1.59 bits per heavy atom. The van der Waals surface area contributed by atoms with Gasteiger partial charge in [-0.15, -0.1) is 11.8 Å². The second-order valence-corrected chi connectivity index (χ2v) is 8.12. The predicted octanol–water partition coefficient (Wildman–Crippen LogP) is 3.59. The van der Waals surface area contributed by atoms with Crippen molar-refractivity contribution in [3.8, 4) is 5.75 Å². The molecule has 2 aromatic rings. The maximum Gasteiger partial charge on any atom is 0.328 e. The molecule has 8 nitrogen and oxygen atoms in total. The molecule has 32 heavy (non-hydrogen) atoms. The fourth-order valence-corrected chi connectivity index (χ4v) is 4.52. The summed E-state index contributed by atoms with van der Waals surface area (Å²) in [5, 5.41) is 3.83. The number of methoxy groups -OCH3 is 1. The molecule has 1 aromatic heterocycles. The molecule has 3 rings (SSSR count). The van der Waals surface area contributed by atoms with Gasteiger partial charge in [-0.3, -0.25) is 20.2 Å². The van der Waals surface area contributed by atoms with Crippen molar-refractivity contribution in [1.29, 1.82) is 0 Å². The number of amides is 4. The SMILES string of the molecule is CCN(CC)CC.COc1ccc(C(SCc2ccco2)C2C(=O)NC(=O)NC2=O)cc1. The normalized spacial score (nSPS) is 15.0. The number of thioether (sulfide) groups is 1. The average molecular weight is 462 g/mol. The van der Waals surface area contributed by atoms with Crippen LogP contribution in [0.25, 0.3) is 0 Å². The summed E-state index contributed by atoms with van der Waals surface area (Å²) in [5.74, 6) is -0.356. The molecule has 2 N–H and O–H groups in total. The summed E-state index contributed by atoms with van der Waals surface area (Å²) in [6.45, 7) is 10.1. The van der Waals surface area contributed by atoms with E-state index < -0.39 is 29.0 Å². The summed E-state index contributed by atoms with van der Waals surface area (Å²) in [6, 6.07) is 9.93. The molecule has 174 valence electrons. The number of carbonyl (C=O) groups is 3. The molecule has 1 aliphatic rings. The van der Waals surface area contributed by atoms with Crippen molar-refractivity contribution in [1.82, 2.24) is 15.5 Å². The van der Waals surface area contributed by atoms with Crippen molar-refractivity contribution in [2.45, 2.75) is 31.8 Å². The molecule has 0 radical (unpaired) electrons. The highest BCUT2D eigenvalue weighted by Crippen LogP contribution is 2.39. The Hall–Kier alpha value is -2.78. The second kappa shape index (κ2) is 12.9. The van der Waals surface area contributed by atoms with Gasteiger partial charge in [0.1, 0.15) is 17.4 Å². The zero-order chi connectivity index (χ0) is 23.5. The fourth-order valence-electron chi connectivity index (χ4n) is 3.22. The molecule has 0 aliphatic carbocycles. The molecule has 1 fully saturated rings. The quantitative estimate of drug-likeness (QED) is 0.550. The van der Waals surface area contributed by atoms with Gasteiger partial charge in [0.2, 0.25) is 11.8 Å². The fraction of sp³-hybridized carbons (Fsp3) is 0.435. The van der Waals surface area contributed by atoms with E-state index in [4.69, 9.17) is 9.15 Å². The van der Waals surface area contributed by atoms with Crippen LogP contribution >= 0.6 is 11.8 Å². The van der Waals surface area contributed by atoms with Gasteiger partial charge >= 0.3 is 6.03 Å². The summed E-state index contributed by atoms with van der Waals surface area (Å²) in [6.07, 6.45) is 1.57. The van der Waals surface area contributed by atoms with Crippen molar-refractivity contribution in [2.75, 3.05) is 26.7 Å². The van der Waals surface area contributed by atoms with E-state index in [2.05, 4.69) is 36.3 Å². The largest absolute Gasteiger partial charge is 0.497 e. The Morgan fingerprint density at radius 1 is 1.00 bits per heavy atom. The maximum atomic E-state index is 12.3. The number of imide groups is 2. The minimum absolute atomic E-state index is 0.481. The number of urea groups is 1. The van der Waals surface area contributed by atoms with Gasteiger partial charge in [0.25, 0.3) is 0 Å². The number of hydrogen-bond donors (Lipinski definition) is 2. The highest BCUT2D eigenvalue weighted by Gasteiger charge is 2.41. The number of nitrogens with one attached hydrogen (secondary N) is 2. The van der Waals surface area contributed by atoms with Crippen LogP contribution in [0.4, 0.5) is 4.79 Å². The maximum absolute atomic E-state index is 12.3. The summed E-state index contributed by atoms with van der Waals surface area (Å²) in [5.41, 5.74) is 0.780. The third-order valence-corrected chi connectivity index (χ3v) is 6.47. The van der Waals surface area contributed by atoms with Crippen LogP contribution in [0.3, 0.4) is 0 Å². The molecule has 1 aliphatic heterocycles. The van der Waals surface area contributed by atoms with Crippen LogP contribution in [0, 0.1) is 5.92 Å².